The lowest BCUT2D eigenvalue weighted by atomic mass is 9.98. The minimum atomic E-state index is 0.154. The fraction of sp³-hybridized carbons (Fsp3) is 0.273. The van der Waals surface area contributed by atoms with Crippen molar-refractivity contribution in [3.05, 3.63) is 23.8 Å². The van der Waals surface area contributed by atoms with Crippen LogP contribution in [0.1, 0.15) is 17.9 Å². The van der Waals surface area contributed by atoms with Crippen molar-refractivity contribution in [3.8, 4) is 11.8 Å². The van der Waals surface area contributed by atoms with Gasteiger partial charge in [-0.2, -0.15) is 5.26 Å². The first-order chi connectivity index (χ1) is 6.85. The molecule has 0 amide bonds. The van der Waals surface area contributed by atoms with E-state index in [0.29, 0.717) is 6.42 Å². The van der Waals surface area contributed by atoms with E-state index in [1.54, 1.807) is 7.11 Å². The molecule has 0 saturated carbocycles. The Morgan fingerprint density at radius 2 is 2.43 bits per heavy atom. The van der Waals surface area contributed by atoms with Gasteiger partial charge >= 0.3 is 0 Å². The zero-order valence-electron chi connectivity index (χ0n) is 7.90. The molecule has 0 fully saturated rings. The number of methoxy groups -OCH3 is 1. The van der Waals surface area contributed by atoms with E-state index < -0.39 is 0 Å². The highest BCUT2D eigenvalue weighted by Gasteiger charge is 2.18. The summed E-state index contributed by atoms with van der Waals surface area (Å²) in [4.78, 5) is 4.25. The molecular formula is C11H10N2O. The third kappa shape index (κ3) is 1.35. The average Bonchev–Trinajstić information content (AvgIpc) is 2.61. The summed E-state index contributed by atoms with van der Waals surface area (Å²) in [5.41, 5.74) is 2.04. The number of fused-ring (bicyclic) bond motifs is 1. The van der Waals surface area contributed by atoms with Crippen LogP contribution in [0.25, 0.3) is 0 Å². The molecule has 14 heavy (non-hydrogen) atoms. The number of benzene rings is 1. The first-order valence-corrected chi connectivity index (χ1v) is 4.44. The topological polar surface area (TPSA) is 45.4 Å². The molecule has 3 heteroatoms. The molecule has 3 nitrogen and oxygen atoms in total. The van der Waals surface area contributed by atoms with Crippen LogP contribution < -0.4 is 4.74 Å². The highest BCUT2D eigenvalue weighted by Crippen LogP contribution is 2.36. The van der Waals surface area contributed by atoms with E-state index in [2.05, 4.69) is 11.1 Å². The van der Waals surface area contributed by atoms with Gasteiger partial charge in [0.05, 0.1) is 18.9 Å². The molecule has 0 aromatic heterocycles. The van der Waals surface area contributed by atoms with Crippen molar-refractivity contribution < 1.29 is 4.74 Å². The molecule has 1 atom stereocenters. The summed E-state index contributed by atoms with van der Waals surface area (Å²) in [6.07, 6.45) is 2.32. The summed E-state index contributed by atoms with van der Waals surface area (Å²) in [5.74, 6) is 0.958. The van der Waals surface area contributed by atoms with E-state index in [9.17, 15) is 0 Å². The zero-order chi connectivity index (χ0) is 9.97. The number of aliphatic imine (C=N–C) groups is 1. The number of nitriles is 1. The average molecular weight is 186 g/mol. The summed E-state index contributed by atoms with van der Waals surface area (Å²) in [6.45, 7) is 0. The third-order valence-electron chi connectivity index (χ3n) is 2.34. The number of ether oxygens (including phenoxy) is 1. The molecule has 0 saturated heterocycles. The maximum Gasteiger partial charge on any atom is 0.121 e. The molecule has 0 N–H and O–H groups in total. The molecule has 70 valence electrons. The SMILES string of the molecule is COc1ccc2c(c1)N=C[C@H]2CC#N. The van der Waals surface area contributed by atoms with E-state index in [4.69, 9.17) is 10.00 Å². The Labute approximate surface area is 82.7 Å². The summed E-state index contributed by atoms with van der Waals surface area (Å²) >= 11 is 0. The first kappa shape index (κ1) is 8.76. The molecule has 0 unspecified atom stereocenters. The van der Waals surface area contributed by atoms with Gasteiger partial charge in [-0.05, 0) is 11.6 Å². The van der Waals surface area contributed by atoms with E-state index >= 15 is 0 Å². The minimum Gasteiger partial charge on any atom is -0.497 e. The van der Waals surface area contributed by atoms with Crippen LogP contribution in [0.3, 0.4) is 0 Å². The second-order valence-electron chi connectivity index (χ2n) is 3.17. The van der Waals surface area contributed by atoms with Crippen molar-refractivity contribution in [2.24, 2.45) is 4.99 Å². The normalized spacial score (nSPS) is 17.6. The standard InChI is InChI=1S/C11H10N2O/c1-14-9-2-3-10-8(4-5-12)7-13-11(10)6-9/h2-3,6-8H,4H2,1H3/t8-/m1/s1. The third-order valence-corrected chi connectivity index (χ3v) is 2.34. The van der Waals surface area contributed by atoms with E-state index in [0.717, 1.165) is 17.0 Å². The molecule has 2 rings (SSSR count). The van der Waals surface area contributed by atoms with Crippen molar-refractivity contribution in [1.29, 1.82) is 5.26 Å². The lowest BCUT2D eigenvalue weighted by molar-refractivity contribution is 0.415. The Morgan fingerprint density at radius 1 is 1.57 bits per heavy atom. The van der Waals surface area contributed by atoms with Crippen molar-refractivity contribution in [2.45, 2.75) is 12.3 Å². The Kier molecular flexibility index (Phi) is 2.19. The van der Waals surface area contributed by atoms with Crippen LogP contribution >= 0.6 is 0 Å². The lowest BCUT2D eigenvalue weighted by Gasteiger charge is -2.05. The Hall–Kier alpha value is -1.82. The number of hydrogen-bond acceptors (Lipinski definition) is 3. The van der Waals surface area contributed by atoms with Gasteiger partial charge in [0.15, 0.2) is 0 Å². The molecular weight excluding hydrogens is 176 g/mol. The van der Waals surface area contributed by atoms with Gasteiger partial charge in [0.2, 0.25) is 0 Å². The highest BCUT2D eigenvalue weighted by molar-refractivity contribution is 5.81. The number of nitrogens with zero attached hydrogens (tertiary/aromatic N) is 2. The largest absolute Gasteiger partial charge is 0.497 e. The fourth-order valence-electron chi connectivity index (χ4n) is 1.59. The van der Waals surface area contributed by atoms with Gasteiger partial charge in [-0.25, -0.2) is 0 Å². The van der Waals surface area contributed by atoms with Crippen LogP contribution in [-0.4, -0.2) is 13.3 Å². The van der Waals surface area contributed by atoms with Gasteiger partial charge in [-0.1, -0.05) is 6.07 Å². The Balaban J connectivity index is 2.34. The molecule has 0 spiro atoms. The Morgan fingerprint density at radius 3 is 3.14 bits per heavy atom. The van der Waals surface area contributed by atoms with Crippen molar-refractivity contribution in [3.63, 3.8) is 0 Å². The predicted molar refractivity (Wildman–Crippen MR) is 54.1 cm³/mol. The lowest BCUT2D eigenvalue weighted by Crippen LogP contribution is -1.94. The van der Waals surface area contributed by atoms with Crippen molar-refractivity contribution in [1.82, 2.24) is 0 Å². The maximum atomic E-state index is 8.62. The summed E-state index contributed by atoms with van der Waals surface area (Å²) < 4.78 is 5.10. The molecule has 0 bridgehead atoms. The summed E-state index contributed by atoms with van der Waals surface area (Å²) in [7, 11) is 1.63. The first-order valence-electron chi connectivity index (χ1n) is 4.44. The van der Waals surface area contributed by atoms with Crippen LogP contribution in [0.2, 0.25) is 0 Å². The van der Waals surface area contributed by atoms with Crippen LogP contribution in [0.4, 0.5) is 5.69 Å². The van der Waals surface area contributed by atoms with Gasteiger partial charge in [-0.3, -0.25) is 4.99 Å². The monoisotopic (exact) mass is 186 g/mol. The molecule has 1 aliphatic rings. The minimum absolute atomic E-state index is 0.154. The molecule has 1 aromatic rings. The van der Waals surface area contributed by atoms with E-state index in [-0.39, 0.29) is 5.92 Å². The van der Waals surface area contributed by atoms with Crippen LogP contribution in [0.5, 0.6) is 5.75 Å². The zero-order valence-corrected chi connectivity index (χ0v) is 7.90. The van der Waals surface area contributed by atoms with Gasteiger partial charge in [-0.15, -0.1) is 0 Å². The second-order valence-corrected chi connectivity index (χ2v) is 3.17. The maximum absolute atomic E-state index is 8.62. The van der Waals surface area contributed by atoms with Crippen molar-refractivity contribution >= 4 is 11.9 Å². The van der Waals surface area contributed by atoms with Gasteiger partial charge in [0, 0.05) is 24.6 Å². The fourth-order valence-corrected chi connectivity index (χ4v) is 1.59. The quantitative estimate of drug-likeness (QED) is 0.711. The van der Waals surface area contributed by atoms with E-state index in [1.165, 1.54) is 0 Å². The smallest absolute Gasteiger partial charge is 0.121 e. The van der Waals surface area contributed by atoms with Crippen LogP contribution in [-0.2, 0) is 0 Å². The summed E-state index contributed by atoms with van der Waals surface area (Å²) in [6, 6.07) is 7.92. The highest BCUT2D eigenvalue weighted by atomic mass is 16.5. The van der Waals surface area contributed by atoms with Crippen LogP contribution in [0.15, 0.2) is 23.2 Å². The second kappa shape index (κ2) is 3.51. The number of hydrogen-bond donors (Lipinski definition) is 0. The van der Waals surface area contributed by atoms with Crippen LogP contribution in [0, 0.1) is 11.3 Å². The van der Waals surface area contributed by atoms with Crippen molar-refractivity contribution in [2.75, 3.05) is 7.11 Å². The van der Waals surface area contributed by atoms with Gasteiger partial charge in [0.25, 0.3) is 0 Å². The predicted octanol–water partition coefficient (Wildman–Crippen LogP) is 2.41. The molecule has 0 radical (unpaired) electrons. The molecule has 1 aromatic carbocycles. The molecule has 1 heterocycles. The molecule has 1 aliphatic heterocycles. The molecule has 0 aliphatic carbocycles. The number of rotatable bonds is 2. The van der Waals surface area contributed by atoms with E-state index in [1.807, 2.05) is 24.4 Å². The van der Waals surface area contributed by atoms with Gasteiger partial charge < -0.3 is 4.74 Å². The van der Waals surface area contributed by atoms with Gasteiger partial charge in [0.1, 0.15) is 5.75 Å². The Bertz CT molecular complexity index is 418. The summed E-state index contributed by atoms with van der Waals surface area (Å²) in [5, 5.41) is 8.62.